The highest BCUT2D eigenvalue weighted by Gasteiger charge is 2.34. The predicted molar refractivity (Wildman–Crippen MR) is 51.9 cm³/mol. The average molecular weight is 243 g/mol. The van der Waals surface area contributed by atoms with E-state index in [-0.39, 0.29) is 5.56 Å². The molecule has 0 aliphatic carbocycles. The normalized spacial score (nSPS) is 12.8. The molecule has 0 spiro atoms. The Labute approximate surface area is 95.1 Å². The molecule has 0 saturated carbocycles. The molecule has 1 aromatic carbocycles. The van der Waals surface area contributed by atoms with Gasteiger partial charge in [-0.25, -0.2) is 0 Å². The molecule has 90 valence electrons. The van der Waals surface area contributed by atoms with Crippen LogP contribution >= 0.6 is 0 Å². The van der Waals surface area contributed by atoms with Gasteiger partial charge >= 0.3 is 12.1 Å². The molecule has 0 unspecified atom stereocenters. The Hall–Kier alpha value is -2.03. The highest BCUT2D eigenvalue weighted by atomic mass is 19.4. The molecule has 0 aliphatic rings. The average Bonchev–Trinajstić information content (AvgIpc) is 2.24. The van der Waals surface area contributed by atoms with Gasteiger partial charge in [-0.1, -0.05) is 18.2 Å². The van der Waals surface area contributed by atoms with Crippen LogP contribution in [0.3, 0.4) is 0 Å². The number of nitriles is 1. The first kappa shape index (κ1) is 13.0. The minimum absolute atomic E-state index is 0.186. The number of alkyl halides is 3. The van der Waals surface area contributed by atoms with Crippen LogP contribution in [0, 0.1) is 17.2 Å². The molecule has 1 aromatic rings. The monoisotopic (exact) mass is 243 g/mol. The molecule has 1 atom stereocenters. The second-order valence-corrected chi connectivity index (χ2v) is 3.38. The van der Waals surface area contributed by atoms with Gasteiger partial charge in [-0.15, -0.1) is 0 Å². The third-order valence-electron chi connectivity index (χ3n) is 2.20. The summed E-state index contributed by atoms with van der Waals surface area (Å²) in [5, 5.41) is 17.2. The third-order valence-corrected chi connectivity index (χ3v) is 2.20. The van der Waals surface area contributed by atoms with Crippen molar-refractivity contribution >= 4 is 5.97 Å². The van der Waals surface area contributed by atoms with Crippen LogP contribution in [0.4, 0.5) is 13.2 Å². The summed E-state index contributed by atoms with van der Waals surface area (Å²) in [6, 6.07) is 6.10. The van der Waals surface area contributed by atoms with Crippen molar-refractivity contribution in [3.8, 4) is 6.07 Å². The number of carboxylic acids is 1. The number of carbonyl (C=O) groups is 1. The van der Waals surface area contributed by atoms with Gasteiger partial charge in [0.05, 0.1) is 11.6 Å². The first-order valence-electron chi connectivity index (χ1n) is 4.63. The van der Waals surface area contributed by atoms with Gasteiger partial charge in [0.2, 0.25) is 0 Å². The largest absolute Gasteiger partial charge is 0.480 e. The first-order chi connectivity index (χ1) is 7.86. The standard InChI is InChI=1S/C11H8F3NO2/c12-11(13,14)9-4-2-1-3-7(9)5-8(6-15)10(16)17/h1-4,8H,5H2,(H,16,17)/t8-/m0/s1. The Morgan fingerprint density at radius 2 is 2.00 bits per heavy atom. The molecule has 1 N–H and O–H groups in total. The van der Waals surface area contributed by atoms with Crippen LogP contribution in [0.15, 0.2) is 24.3 Å². The first-order valence-corrected chi connectivity index (χ1v) is 4.63. The summed E-state index contributed by atoms with van der Waals surface area (Å²) in [5.41, 5.74) is -1.09. The van der Waals surface area contributed by atoms with Crippen molar-refractivity contribution in [1.29, 1.82) is 5.26 Å². The van der Waals surface area contributed by atoms with E-state index in [1.807, 2.05) is 0 Å². The van der Waals surface area contributed by atoms with E-state index in [4.69, 9.17) is 10.4 Å². The van der Waals surface area contributed by atoms with Crippen molar-refractivity contribution in [2.24, 2.45) is 5.92 Å². The number of hydrogen-bond donors (Lipinski definition) is 1. The highest BCUT2D eigenvalue weighted by molar-refractivity contribution is 5.73. The second kappa shape index (κ2) is 4.87. The Morgan fingerprint density at radius 1 is 1.41 bits per heavy atom. The zero-order valence-electron chi connectivity index (χ0n) is 8.53. The number of halogens is 3. The molecule has 1 rings (SSSR count). The maximum atomic E-state index is 12.6. The van der Waals surface area contributed by atoms with Crippen molar-refractivity contribution in [2.75, 3.05) is 0 Å². The minimum atomic E-state index is -4.55. The Bertz CT molecular complexity index is 463. The lowest BCUT2D eigenvalue weighted by Crippen LogP contribution is -2.17. The molecule has 3 nitrogen and oxygen atoms in total. The number of hydrogen-bond acceptors (Lipinski definition) is 2. The molecule has 0 radical (unpaired) electrons. The van der Waals surface area contributed by atoms with Gasteiger partial charge in [0.25, 0.3) is 0 Å². The second-order valence-electron chi connectivity index (χ2n) is 3.38. The van der Waals surface area contributed by atoms with Crippen molar-refractivity contribution in [3.05, 3.63) is 35.4 Å². The summed E-state index contributed by atoms with van der Waals surface area (Å²) in [4.78, 5) is 10.6. The molecule has 0 aliphatic heterocycles. The van der Waals surface area contributed by atoms with Gasteiger partial charge in [0.1, 0.15) is 5.92 Å². The van der Waals surface area contributed by atoms with Crippen LogP contribution in [0.2, 0.25) is 0 Å². The maximum absolute atomic E-state index is 12.6. The highest BCUT2D eigenvalue weighted by Crippen LogP contribution is 2.32. The van der Waals surface area contributed by atoms with E-state index < -0.39 is 30.0 Å². The fourth-order valence-corrected chi connectivity index (χ4v) is 1.38. The molecular formula is C11H8F3NO2. The molecule has 0 amide bonds. The van der Waals surface area contributed by atoms with Gasteiger partial charge in [-0.2, -0.15) is 18.4 Å². The SMILES string of the molecule is N#C[C@H](Cc1ccccc1C(F)(F)F)C(=O)O. The summed E-state index contributed by atoms with van der Waals surface area (Å²) in [6.07, 6.45) is -5.00. The van der Waals surface area contributed by atoms with Crippen molar-refractivity contribution in [2.45, 2.75) is 12.6 Å². The summed E-state index contributed by atoms with van der Waals surface area (Å²) >= 11 is 0. The van der Waals surface area contributed by atoms with Gasteiger partial charge in [-0.05, 0) is 18.1 Å². The third kappa shape index (κ3) is 3.21. The summed E-state index contributed by atoms with van der Waals surface area (Å²) in [6.45, 7) is 0. The lowest BCUT2D eigenvalue weighted by Gasteiger charge is -2.13. The van der Waals surface area contributed by atoms with E-state index in [0.717, 1.165) is 6.07 Å². The number of carboxylic acid groups (broad SMARTS) is 1. The zero-order chi connectivity index (χ0) is 13.1. The minimum Gasteiger partial charge on any atom is -0.480 e. The lowest BCUT2D eigenvalue weighted by molar-refractivity contribution is -0.141. The molecule has 0 fully saturated rings. The van der Waals surface area contributed by atoms with E-state index in [9.17, 15) is 18.0 Å². The molecule has 0 heterocycles. The number of rotatable bonds is 3. The van der Waals surface area contributed by atoms with Gasteiger partial charge in [0.15, 0.2) is 0 Å². The van der Waals surface area contributed by atoms with Crippen LogP contribution in [-0.2, 0) is 17.4 Å². The fourth-order valence-electron chi connectivity index (χ4n) is 1.38. The Kier molecular flexibility index (Phi) is 3.73. The Morgan fingerprint density at radius 3 is 2.47 bits per heavy atom. The fraction of sp³-hybridized carbons (Fsp3) is 0.273. The van der Waals surface area contributed by atoms with Gasteiger partial charge in [-0.3, -0.25) is 4.79 Å². The van der Waals surface area contributed by atoms with Gasteiger partial charge in [0, 0.05) is 0 Å². The molecular weight excluding hydrogens is 235 g/mol. The van der Waals surface area contributed by atoms with Crippen LogP contribution < -0.4 is 0 Å². The number of nitrogens with zero attached hydrogens (tertiary/aromatic N) is 1. The smallest absolute Gasteiger partial charge is 0.416 e. The Balaban J connectivity index is 3.08. The lowest BCUT2D eigenvalue weighted by atomic mass is 9.96. The summed E-state index contributed by atoms with van der Waals surface area (Å²) in [5.74, 6) is -2.90. The van der Waals surface area contributed by atoms with Crippen LogP contribution in [-0.4, -0.2) is 11.1 Å². The zero-order valence-corrected chi connectivity index (χ0v) is 8.53. The van der Waals surface area contributed by atoms with Crippen LogP contribution in [0.25, 0.3) is 0 Å². The number of aliphatic carboxylic acids is 1. The van der Waals surface area contributed by atoms with Crippen LogP contribution in [0.1, 0.15) is 11.1 Å². The topological polar surface area (TPSA) is 61.1 Å². The molecule has 17 heavy (non-hydrogen) atoms. The van der Waals surface area contributed by atoms with E-state index in [2.05, 4.69) is 0 Å². The van der Waals surface area contributed by atoms with E-state index in [1.165, 1.54) is 24.3 Å². The number of benzene rings is 1. The van der Waals surface area contributed by atoms with Crippen molar-refractivity contribution in [1.82, 2.24) is 0 Å². The quantitative estimate of drug-likeness (QED) is 0.887. The van der Waals surface area contributed by atoms with Gasteiger partial charge < -0.3 is 5.11 Å². The molecule has 6 heteroatoms. The predicted octanol–water partition coefficient (Wildman–Crippen LogP) is 2.47. The van der Waals surface area contributed by atoms with Crippen molar-refractivity contribution < 1.29 is 23.1 Å². The maximum Gasteiger partial charge on any atom is 0.416 e. The molecule has 0 saturated heterocycles. The van der Waals surface area contributed by atoms with E-state index in [1.54, 1.807) is 0 Å². The summed E-state index contributed by atoms with van der Waals surface area (Å²) < 4.78 is 37.7. The summed E-state index contributed by atoms with van der Waals surface area (Å²) in [7, 11) is 0. The van der Waals surface area contributed by atoms with Crippen molar-refractivity contribution in [3.63, 3.8) is 0 Å². The molecule has 0 aromatic heterocycles. The van der Waals surface area contributed by atoms with E-state index >= 15 is 0 Å². The van der Waals surface area contributed by atoms with E-state index in [0.29, 0.717) is 0 Å². The molecule has 0 bridgehead atoms. The van der Waals surface area contributed by atoms with Crippen LogP contribution in [0.5, 0.6) is 0 Å².